The van der Waals surface area contributed by atoms with Crippen LogP contribution in [0.2, 0.25) is 0 Å². The van der Waals surface area contributed by atoms with Crippen LogP contribution in [0.15, 0.2) is 27.7 Å². The lowest BCUT2D eigenvalue weighted by Gasteiger charge is -2.19. The third kappa shape index (κ3) is 2.46. The van der Waals surface area contributed by atoms with Gasteiger partial charge >= 0.3 is 0 Å². The van der Waals surface area contributed by atoms with Gasteiger partial charge in [0.25, 0.3) is 11.5 Å². The molecule has 0 bridgehead atoms. The van der Waals surface area contributed by atoms with Crippen molar-refractivity contribution in [3.8, 4) is 11.3 Å². The molecule has 4 rings (SSSR count). The highest BCUT2D eigenvalue weighted by atomic mass is 16.3. The zero-order valence-electron chi connectivity index (χ0n) is 15.4. The predicted molar refractivity (Wildman–Crippen MR) is 97.3 cm³/mol. The summed E-state index contributed by atoms with van der Waals surface area (Å²) in [6.07, 6.45) is 5.48. The largest absolute Gasteiger partial charge is 0.466 e. The number of hydrogen-bond acceptors (Lipinski definition) is 4. The molecule has 0 saturated carbocycles. The van der Waals surface area contributed by atoms with Crippen molar-refractivity contribution in [3.63, 3.8) is 0 Å². The second-order valence-electron chi connectivity index (χ2n) is 7.05. The van der Waals surface area contributed by atoms with E-state index in [1.165, 1.54) is 0 Å². The number of rotatable bonds is 2. The summed E-state index contributed by atoms with van der Waals surface area (Å²) in [7, 11) is 1.71. The lowest BCUT2D eigenvalue weighted by atomic mass is 10.2. The molecule has 7 heteroatoms. The van der Waals surface area contributed by atoms with E-state index in [0.29, 0.717) is 5.69 Å². The van der Waals surface area contributed by atoms with Crippen LogP contribution in [0.3, 0.4) is 0 Å². The molecule has 7 nitrogen and oxygen atoms in total. The first kappa shape index (κ1) is 16.6. The Kier molecular flexibility index (Phi) is 3.75. The second kappa shape index (κ2) is 5.86. The molecular weight excluding hydrogens is 332 g/mol. The number of aryl methyl sites for hydroxylation is 2. The van der Waals surface area contributed by atoms with Gasteiger partial charge in [0.1, 0.15) is 17.2 Å². The van der Waals surface area contributed by atoms with Gasteiger partial charge in [0, 0.05) is 37.6 Å². The maximum atomic E-state index is 12.8. The number of amides is 1. The van der Waals surface area contributed by atoms with Crippen LogP contribution in [0.5, 0.6) is 0 Å². The Morgan fingerprint density at radius 3 is 2.69 bits per heavy atom. The van der Waals surface area contributed by atoms with E-state index in [0.717, 1.165) is 42.2 Å². The van der Waals surface area contributed by atoms with Gasteiger partial charge in [0.05, 0.1) is 5.69 Å². The molecule has 1 saturated heterocycles. The zero-order valence-corrected chi connectivity index (χ0v) is 15.4. The fourth-order valence-electron chi connectivity index (χ4n) is 3.75. The van der Waals surface area contributed by atoms with E-state index in [9.17, 15) is 9.59 Å². The summed E-state index contributed by atoms with van der Waals surface area (Å²) < 4.78 is 8.79. The highest BCUT2D eigenvalue weighted by molar-refractivity contribution is 5.93. The monoisotopic (exact) mass is 354 g/mol. The Morgan fingerprint density at radius 2 is 2.08 bits per heavy atom. The zero-order chi connectivity index (χ0) is 18.6. The Balaban J connectivity index is 1.84. The molecule has 1 aliphatic rings. The minimum Gasteiger partial charge on any atom is -0.466 e. The molecule has 0 aromatic carbocycles. The third-order valence-electron chi connectivity index (χ3n) is 5.20. The molecular formula is C19H22N4O3. The first-order chi connectivity index (χ1) is 12.4. The van der Waals surface area contributed by atoms with Crippen LogP contribution >= 0.6 is 0 Å². The van der Waals surface area contributed by atoms with Gasteiger partial charge in [-0.1, -0.05) is 0 Å². The van der Waals surface area contributed by atoms with Gasteiger partial charge in [0.2, 0.25) is 5.65 Å². The summed E-state index contributed by atoms with van der Waals surface area (Å²) in [5, 5.41) is 0. The third-order valence-corrected chi connectivity index (χ3v) is 5.20. The Hall–Kier alpha value is -2.83. The SMILES string of the molecule is Cc1cc(-c2cn3cc(C(=O)N4CCC[C@H]4C)nc3c(=O)n2C)c(C)o1. The number of fused-ring (bicyclic) bond motifs is 1. The van der Waals surface area contributed by atoms with E-state index in [2.05, 4.69) is 4.98 Å². The minimum atomic E-state index is -0.241. The van der Waals surface area contributed by atoms with Gasteiger partial charge in [0.15, 0.2) is 0 Å². The van der Waals surface area contributed by atoms with Crippen LogP contribution in [0.4, 0.5) is 0 Å². The molecule has 1 amide bonds. The molecule has 0 spiro atoms. The summed E-state index contributed by atoms with van der Waals surface area (Å²) in [5.41, 5.74) is 1.91. The predicted octanol–water partition coefficient (Wildman–Crippen LogP) is 2.53. The molecule has 0 N–H and O–H groups in total. The fraction of sp³-hybridized carbons (Fsp3) is 0.421. The van der Waals surface area contributed by atoms with Crippen molar-refractivity contribution in [2.24, 2.45) is 7.05 Å². The molecule has 136 valence electrons. The van der Waals surface area contributed by atoms with Crippen molar-refractivity contribution >= 4 is 11.6 Å². The second-order valence-corrected chi connectivity index (χ2v) is 7.05. The molecule has 0 unspecified atom stereocenters. The van der Waals surface area contributed by atoms with Crippen LogP contribution in [0.25, 0.3) is 16.9 Å². The van der Waals surface area contributed by atoms with Gasteiger partial charge < -0.3 is 13.9 Å². The van der Waals surface area contributed by atoms with Crippen molar-refractivity contribution in [2.45, 2.75) is 39.7 Å². The Morgan fingerprint density at radius 1 is 1.31 bits per heavy atom. The van der Waals surface area contributed by atoms with E-state index in [1.54, 1.807) is 22.2 Å². The summed E-state index contributed by atoms with van der Waals surface area (Å²) in [6.45, 7) is 6.53. The summed E-state index contributed by atoms with van der Waals surface area (Å²) in [6, 6.07) is 2.12. The van der Waals surface area contributed by atoms with E-state index in [-0.39, 0.29) is 23.2 Å². The van der Waals surface area contributed by atoms with Crippen LogP contribution in [-0.4, -0.2) is 37.3 Å². The van der Waals surface area contributed by atoms with Crippen LogP contribution < -0.4 is 5.56 Å². The number of likely N-dealkylation sites (tertiary alicyclic amines) is 1. The van der Waals surface area contributed by atoms with Crippen molar-refractivity contribution in [1.29, 1.82) is 0 Å². The molecule has 1 atom stereocenters. The minimum absolute atomic E-state index is 0.113. The Labute approximate surface area is 150 Å². The molecule has 1 fully saturated rings. The number of hydrogen-bond donors (Lipinski definition) is 0. The number of nitrogens with zero attached hydrogens (tertiary/aromatic N) is 4. The first-order valence-electron chi connectivity index (χ1n) is 8.84. The molecule has 3 aromatic heterocycles. The summed E-state index contributed by atoms with van der Waals surface area (Å²) in [5.74, 6) is 1.42. The van der Waals surface area contributed by atoms with E-state index < -0.39 is 0 Å². The number of furan rings is 1. The average molecular weight is 354 g/mol. The summed E-state index contributed by atoms with van der Waals surface area (Å²) >= 11 is 0. The maximum absolute atomic E-state index is 12.8. The van der Waals surface area contributed by atoms with Gasteiger partial charge in [-0.2, -0.15) is 0 Å². The smallest absolute Gasteiger partial charge is 0.294 e. The molecule has 0 radical (unpaired) electrons. The first-order valence-corrected chi connectivity index (χ1v) is 8.84. The lowest BCUT2D eigenvalue weighted by molar-refractivity contribution is 0.0742. The summed E-state index contributed by atoms with van der Waals surface area (Å²) in [4.78, 5) is 31.7. The van der Waals surface area contributed by atoms with Gasteiger partial charge in [-0.15, -0.1) is 0 Å². The van der Waals surface area contributed by atoms with Crippen LogP contribution in [0.1, 0.15) is 41.8 Å². The van der Waals surface area contributed by atoms with Crippen molar-refractivity contribution in [1.82, 2.24) is 18.9 Å². The number of carbonyl (C=O) groups excluding carboxylic acids is 1. The van der Waals surface area contributed by atoms with E-state index in [1.807, 2.05) is 37.9 Å². The van der Waals surface area contributed by atoms with Crippen LogP contribution in [-0.2, 0) is 7.05 Å². The highest BCUT2D eigenvalue weighted by Crippen LogP contribution is 2.26. The molecule has 0 aliphatic carbocycles. The van der Waals surface area contributed by atoms with Gasteiger partial charge in [-0.3, -0.25) is 14.0 Å². The highest BCUT2D eigenvalue weighted by Gasteiger charge is 2.28. The topological polar surface area (TPSA) is 72.8 Å². The van der Waals surface area contributed by atoms with Crippen molar-refractivity contribution in [2.75, 3.05) is 6.54 Å². The Bertz CT molecular complexity index is 1070. The van der Waals surface area contributed by atoms with E-state index >= 15 is 0 Å². The number of aromatic nitrogens is 3. The average Bonchev–Trinajstić information content (AvgIpc) is 3.29. The molecule has 4 heterocycles. The molecule has 26 heavy (non-hydrogen) atoms. The fourth-order valence-corrected chi connectivity index (χ4v) is 3.75. The standard InChI is InChI=1S/C19H22N4O3/c1-11-6-5-7-23(11)18(24)15-9-22-10-16(14-8-12(2)26-13(14)3)21(4)19(25)17(22)20-15/h8-11H,5-7H2,1-4H3/t11-/m1/s1. The normalized spacial score (nSPS) is 17.4. The quantitative estimate of drug-likeness (QED) is 0.709. The molecule has 3 aromatic rings. The lowest BCUT2D eigenvalue weighted by Crippen LogP contribution is -2.33. The van der Waals surface area contributed by atoms with Crippen molar-refractivity contribution < 1.29 is 9.21 Å². The molecule has 1 aliphatic heterocycles. The van der Waals surface area contributed by atoms with Gasteiger partial charge in [-0.25, -0.2) is 4.98 Å². The number of imidazole rings is 1. The van der Waals surface area contributed by atoms with E-state index in [4.69, 9.17) is 4.42 Å². The van der Waals surface area contributed by atoms with Crippen LogP contribution in [0, 0.1) is 13.8 Å². The van der Waals surface area contributed by atoms with Crippen molar-refractivity contribution in [3.05, 3.63) is 46.0 Å². The van der Waals surface area contributed by atoms with Gasteiger partial charge in [-0.05, 0) is 39.7 Å². The number of carbonyl (C=O) groups is 1. The maximum Gasteiger partial charge on any atom is 0.294 e.